The van der Waals surface area contributed by atoms with Gasteiger partial charge >= 0.3 is 0 Å². The molecule has 0 unspecified atom stereocenters. The van der Waals surface area contributed by atoms with E-state index in [-0.39, 0.29) is 10.8 Å². The Morgan fingerprint density at radius 3 is 1.31 bits per heavy atom. The molecule has 0 spiro atoms. The molecule has 0 amide bonds. The summed E-state index contributed by atoms with van der Waals surface area (Å²) in [6.45, 7) is 9.51. The van der Waals surface area contributed by atoms with E-state index in [4.69, 9.17) is 0 Å². The molecular weight excluding hydrogens is 542 g/mol. The summed E-state index contributed by atoms with van der Waals surface area (Å²) in [4.78, 5) is 2.44. The van der Waals surface area contributed by atoms with Gasteiger partial charge in [0.15, 0.2) is 0 Å². The van der Waals surface area contributed by atoms with Crippen LogP contribution < -0.4 is 4.90 Å². The molecule has 0 aromatic heterocycles. The second-order valence-corrected chi connectivity index (χ2v) is 13.8. The van der Waals surface area contributed by atoms with E-state index >= 15 is 0 Å². The van der Waals surface area contributed by atoms with Gasteiger partial charge in [0.25, 0.3) is 0 Å². The lowest BCUT2D eigenvalue weighted by atomic mass is 9.81. The molecule has 0 saturated carbocycles. The van der Waals surface area contributed by atoms with Crippen molar-refractivity contribution in [3.05, 3.63) is 162 Å². The van der Waals surface area contributed by atoms with Crippen LogP contribution >= 0.6 is 0 Å². The predicted octanol–water partition coefficient (Wildman–Crippen LogP) is 12.1. The van der Waals surface area contributed by atoms with Crippen molar-refractivity contribution in [2.24, 2.45) is 0 Å². The van der Waals surface area contributed by atoms with Crippen molar-refractivity contribution in [1.29, 1.82) is 0 Å². The van der Waals surface area contributed by atoms with E-state index in [1.807, 2.05) is 0 Å². The van der Waals surface area contributed by atoms with Crippen LogP contribution in [0.5, 0.6) is 0 Å². The fourth-order valence-electron chi connectivity index (χ4n) is 8.29. The second-order valence-electron chi connectivity index (χ2n) is 13.8. The molecule has 7 aromatic rings. The van der Waals surface area contributed by atoms with E-state index in [2.05, 4.69) is 172 Å². The summed E-state index contributed by atoms with van der Waals surface area (Å²) >= 11 is 0. The number of fused-ring (bicyclic) bond motifs is 10. The Labute approximate surface area is 265 Å². The molecule has 0 fully saturated rings. The summed E-state index contributed by atoms with van der Waals surface area (Å²) in [6, 6.07) is 51.9. The summed E-state index contributed by atoms with van der Waals surface area (Å²) in [5.74, 6) is 0. The Balaban J connectivity index is 1.24. The van der Waals surface area contributed by atoms with Crippen LogP contribution in [0.2, 0.25) is 0 Å². The van der Waals surface area contributed by atoms with Crippen LogP contribution in [0.3, 0.4) is 0 Å². The van der Waals surface area contributed by atoms with E-state index in [1.165, 1.54) is 77.4 Å². The molecular formula is C44H35N. The molecule has 0 heterocycles. The Bertz CT molecular complexity index is 2180. The molecule has 216 valence electrons. The van der Waals surface area contributed by atoms with Crippen LogP contribution in [0.4, 0.5) is 17.1 Å². The highest BCUT2D eigenvalue weighted by Crippen LogP contribution is 2.55. The fourth-order valence-corrected chi connectivity index (χ4v) is 8.29. The summed E-state index contributed by atoms with van der Waals surface area (Å²) in [6.07, 6.45) is 0. The Morgan fingerprint density at radius 1 is 0.378 bits per heavy atom. The average molecular weight is 578 g/mol. The minimum Gasteiger partial charge on any atom is -0.310 e. The van der Waals surface area contributed by atoms with Crippen molar-refractivity contribution >= 4 is 38.6 Å². The van der Waals surface area contributed by atoms with Crippen LogP contribution in [0.1, 0.15) is 49.9 Å². The first-order valence-electron chi connectivity index (χ1n) is 16.0. The molecule has 0 radical (unpaired) electrons. The van der Waals surface area contributed by atoms with Crippen molar-refractivity contribution in [3.63, 3.8) is 0 Å². The van der Waals surface area contributed by atoms with Gasteiger partial charge in [-0.25, -0.2) is 0 Å². The van der Waals surface area contributed by atoms with Gasteiger partial charge < -0.3 is 4.90 Å². The van der Waals surface area contributed by atoms with E-state index in [9.17, 15) is 0 Å². The summed E-state index contributed by atoms with van der Waals surface area (Å²) in [5.41, 5.74) is 14.4. The van der Waals surface area contributed by atoms with Crippen LogP contribution in [-0.2, 0) is 10.8 Å². The predicted molar refractivity (Wildman–Crippen MR) is 191 cm³/mol. The summed E-state index contributed by atoms with van der Waals surface area (Å²) in [5, 5.41) is 5.26. The largest absolute Gasteiger partial charge is 0.310 e. The molecule has 9 rings (SSSR count). The van der Waals surface area contributed by atoms with Gasteiger partial charge in [0.2, 0.25) is 0 Å². The van der Waals surface area contributed by atoms with Gasteiger partial charge in [-0.15, -0.1) is 0 Å². The van der Waals surface area contributed by atoms with Crippen LogP contribution in [0.25, 0.3) is 43.8 Å². The zero-order chi connectivity index (χ0) is 30.5. The van der Waals surface area contributed by atoms with Gasteiger partial charge in [-0.05, 0) is 102 Å². The van der Waals surface area contributed by atoms with E-state index in [0.717, 1.165) is 5.69 Å². The maximum absolute atomic E-state index is 2.44. The van der Waals surface area contributed by atoms with Crippen molar-refractivity contribution < 1.29 is 0 Å². The molecule has 0 atom stereocenters. The third kappa shape index (κ3) is 3.61. The number of nitrogens with zero attached hydrogens (tertiary/aromatic N) is 1. The smallest absolute Gasteiger partial charge is 0.0465 e. The molecule has 1 nitrogen and oxygen atoms in total. The molecule has 2 aliphatic rings. The van der Waals surface area contributed by atoms with Gasteiger partial charge in [0, 0.05) is 27.9 Å². The average Bonchev–Trinajstić information content (AvgIpc) is 3.45. The Morgan fingerprint density at radius 2 is 0.822 bits per heavy atom. The normalized spacial score (nSPS) is 15.0. The number of anilines is 3. The first-order chi connectivity index (χ1) is 21.8. The molecule has 0 saturated heterocycles. The summed E-state index contributed by atoms with van der Waals surface area (Å²) in [7, 11) is 0. The number of benzene rings is 7. The lowest BCUT2D eigenvalue weighted by Gasteiger charge is -2.29. The highest BCUT2D eigenvalue weighted by atomic mass is 15.1. The zero-order valence-corrected chi connectivity index (χ0v) is 26.2. The molecule has 45 heavy (non-hydrogen) atoms. The zero-order valence-electron chi connectivity index (χ0n) is 26.2. The molecule has 2 aliphatic carbocycles. The van der Waals surface area contributed by atoms with E-state index < -0.39 is 0 Å². The Hall–Kier alpha value is -5.14. The molecule has 7 aromatic carbocycles. The first kappa shape index (κ1) is 26.3. The molecule has 0 N–H and O–H groups in total. The first-order valence-corrected chi connectivity index (χ1v) is 16.0. The van der Waals surface area contributed by atoms with Gasteiger partial charge in [0.05, 0.1) is 0 Å². The van der Waals surface area contributed by atoms with Crippen molar-refractivity contribution in [2.45, 2.75) is 38.5 Å². The number of para-hydroxylation sites is 1. The quantitative estimate of drug-likeness (QED) is 0.202. The highest BCUT2D eigenvalue weighted by Gasteiger charge is 2.39. The van der Waals surface area contributed by atoms with E-state index in [1.54, 1.807) is 0 Å². The third-order valence-electron chi connectivity index (χ3n) is 10.6. The second kappa shape index (κ2) is 9.19. The van der Waals surface area contributed by atoms with Gasteiger partial charge in [-0.1, -0.05) is 131 Å². The van der Waals surface area contributed by atoms with Crippen LogP contribution in [0, 0.1) is 0 Å². The van der Waals surface area contributed by atoms with Crippen molar-refractivity contribution in [2.75, 3.05) is 4.90 Å². The SMILES string of the molecule is CC1(C)c2cc(N(c3ccccc3)c3ccc4c(c3)C(C)(C)c3ccc5ccccc5c3-4)ccc2-c2c1ccc1ccccc21. The topological polar surface area (TPSA) is 3.24 Å². The molecule has 0 aliphatic heterocycles. The van der Waals surface area contributed by atoms with Gasteiger partial charge in [-0.3, -0.25) is 0 Å². The lowest BCUT2D eigenvalue weighted by Crippen LogP contribution is -2.18. The molecule has 0 bridgehead atoms. The highest BCUT2D eigenvalue weighted by molar-refractivity contribution is 6.04. The fraction of sp³-hybridized carbons (Fsp3) is 0.136. The van der Waals surface area contributed by atoms with Crippen molar-refractivity contribution in [3.8, 4) is 22.3 Å². The van der Waals surface area contributed by atoms with Crippen LogP contribution in [0.15, 0.2) is 140 Å². The van der Waals surface area contributed by atoms with E-state index in [0.29, 0.717) is 0 Å². The number of hydrogen-bond acceptors (Lipinski definition) is 1. The minimum atomic E-state index is -0.101. The third-order valence-corrected chi connectivity index (χ3v) is 10.6. The Kier molecular flexibility index (Phi) is 5.37. The standard InChI is InChI=1S/C44H35N/c1-43(2)37-24-18-28-12-8-10-16-33(28)41(37)35-22-20-31(26-39(35)43)45(30-14-6-5-7-15-30)32-21-23-36-40(27-32)44(3,4)38-25-19-29-13-9-11-17-34(29)42(36)38/h5-27H,1-4H3. The van der Waals surface area contributed by atoms with Gasteiger partial charge in [-0.2, -0.15) is 0 Å². The maximum atomic E-state index is 2.44. The molecule has 1 heteroatoms. The maximum Gasteiger partial charge on any atom is 0.0465 e. The minimum absolute atomic E-state index is 0.101. The van der Waals surface area contributed by atoms with Crippen molar-refractivity contribution in [1.82, 2.24) is 0 Å². The van der Waals surface area contributed by atoms with Crippen LogP contribution in [-0.4, -0.2) is 0 Å². The summed E-state index contributed by atoms with van der Waals surface area (Å²) < 4.78 is 0. The van der Waals surface area contributed by atoms with Gasteiger partial charge in [0.1, 0.15) is 0 Å². The monoisotopic (exact) mass is 577 g/mol. The number of hydrogen-bond donors (Lipinski definition) is 0. The number of rotatable bonds is 3. The lowest BCUT2D eigenvalue weighted by molar-refractivity contribution is 0.660.